The molecule has 0 aliphatic carbocycles. The minimum atomic E-state index is -3.79. The van der Waals surface area contributed by atoms with E-state index in [4.69, 9.17) is 4.74 Å². The van der Waals surface area contributed by atoms with Crippen LogP contribution < -0.4 is 9.52 Å². The smallest absolute Gasteiger partial charge is 0.279 e. The highest BCUT2D eigenvalue weighted by atomic mass is 32.2. The molecule has 0 aliphatic heterocycles. The second kappa shape index (κ2) is 10.8. The molecule has 4 rings (SSSR count). The Morgan fingerprint density at radius 1 is 1.03 bits per heavy atom. The maximum Gasteiger partial charge on any atom is 0.279 e. The van der Waals surface area contributed by atoms with Crippen molar-refractivity contribution in [2.75, 3.05) is 17.9 Å². The maximum absolute atomic E-state index is 13.2. The Labute approximate surface area is 215 Å². The van der Waals surface area contributed by atoms with Crippen LogP contribution >= 0.6 is 11.3 Å². The number of nitrogens with zero attached hydrogens (tertiary/aromatic N) is 2. The molecule has 0 unspecified atom stereocenters. The Morgan fingerprint density at radius 3 is 2.50 bits per heavy atom. The number of nitrogens with one attached hydrogen (secondary N) is 1. The largest absolute Gasteiger partial charge is 0.380 e. The zero-order chi connectivity index (χ0) is 25.9. The molecule has 0 spiro atoms. The first-order valence-corrected chi connectivity index (χ1v) is 13.9. The van der Waals surface area contributed by atoms with Crippen molar-refractivity contribution in [3.05, 3.63) is 87.7 Å². The molecule has 0 aliphatic rings. The standard InChI is InChI=1S/C27H29N3O4S2/c1-5-34-14-13-30-24-16-19(3)15-20(4)25(24)35-27(30)28-26(31)21-7-6-8-22(17-21)29-36(32,33)23-11-9-18(2)10-12-23/h6-12,15-17,29H,5,13-14H2,1-4H3. The molecule has 7 nitrogen and oxygen atoms in total. The summed E-state index contributed by atoms with van der Waals surface area (Å²) in [6, 6.07) is 17.2. The summed E-state index contributed by atoms with van der Waals surface area (Å²) < 4.78 is 36.8. The Bertz CT molecular complexity index is 1580. The quantitative estimate of drug-likeness (QED) is 0.321. The summed E-state index contributed by atoms with van der Waals surface area (Å²) in [4.78, 5) is 18.3. The molecule has 0 bridgehead atoms. The Morgan fingerprint density at radius 2 is 1.78 bits per heavy atom. The van der Waals surface area contributed by atoms with Gasteiger partial charge in [-0.3, -0.25) is 9.52 Å². The average Bonchev–Trinajstić information content (AvgIpc) is 3.16. The molecular formula is C27H29N3O4S2. The van der Waals surface area contributed by atoms with Gasteiger partial charge in [0, 0.05) is 24.4 Å². The van der Waals surface area contributed by atoms with Crippen molar-refractivity contribution >= 4 is 43.2 Å². The first kappa shape index (κ1) is 25.8. The van der Waals surface area contributed by atoms with Gasteiger partial charge in [-0.15, -0.1) is 0 Å². The lowest BCUT2D eigenvalue weighted by atomic mass is 10.1. The number of hydrogen-bond acceptors (Lipinski definition) is 5. The molecule has 0 saturated carbocycles. The molecule has 9 heteroatoms. The van der Waals surface area contributed by atoms with E-state index in [-0.39, 0.29) is 4.90 Å². The fourth-order valence-corrected chi connectivity index (χ4v) is 6.07. The van der Waals surface area contributed by atoms with Crippen LogP contribution in [0.25, 0.3) is 10.2 Å². The lowest BCUT2D eigenvalue weighted by Gasteiger charge is -2.09. The number of carbonyl (C=O) groups excluding carboxylic acids is 1. The molecule has 0 saturated heterocycles. The highest BCUT2D eigenvalue weighted by Crippen LogP contribution is 2.24. The highest BCUT2D eigenvalue weighted by molar-refractivity contribution is 7.92. The van der Waals surface area contributed by atoms with Crippen LogP contribution in [0.15, 0.2) is 70.6 Å². The van der Waals surface area contributed by atoms with E-state index >= 15 is 0 Å². The number of fused-ring (bicyclic) bond motifs is 1. The third-order valence-electron chi connectivity index (χ3n) is 5.67. The van der Waals surface area contributed by atoms with E-state index in [1.165, 1.54) is 17.4 Å². The Balaban J connectivity index is 1.68. The Hall–Kier alpha value is -3.27. The van der Waals surface area contributed by atoms with Crippen LogP contribution in [-0.2, 0) is 21.3 Å². The predicted molar refractivity (Wildman–Crippen MR) is 144 cm³/mol. The lowest BCUT2D eigenvalue weighted by Crippen LogP contribution is -2.20. The van der Waals surface area contributed by atoms with Crippen LogP contribution in [0.1, 0.15) is 34.0 Å². The maximum atomic E-state index is 13.2. The van der Waals surface area contributed by atoms with E-state index in [2.05, 4.69) is 21.8 Å². The number of benzene rings is 3. The van der Waals surface area contributed by atoms with Gasteiger partial charge in [0.1, 0.15) is 0 Å². The van der Waals surface area contributed by atoms with Gasteiger partial charge in [-0.25, -0.2) is 8.42 Å². The van der Waals surface area contributed by atoms with Crippen molar-refractivity contribution in [3.63, 3.8) is 0 Å². The van der Waals surface area contributed by atoms with Crippen molar-refractivity contribution in [2.24, 2.45) is 4.99 Å². The number of aromatic nitrogens is 1. The molecule has 1 amide bonds. The molecule has 188 valence electrons. The molecule has 0 radical (unpaired) electrons. The number of hydrogen-bond donors (Lipinski definition) is 1. The zero-order valence-electron chi connectivity index (χ0n) is 20.7. The third kappa shape index (κ3) is 5.75. The SMILES string of the molecule is CCOCCn1c(=NC(=O)c2cccc(NS(=O)(=O)c3ccc(C)cc3)c2)sc2c(C)cc(C)cc21. The van der Waals surface area contributed by atoms with Crippen molar-refractivity contribution in [2.45, 2.75) is 39.1 Å². The minimum absolute atomic E-state index is 0.154. The molecular weight excluding hydrogens is 494 g/mol. The highest BCUT2D eigenvalue weighted by Gasteiger charge is 2.16. The second-order valence-electron chi connectivity index (χ2n) is 8.58. The molecule has 1 heterocycles. The summed E-state index contributed by atoms with van der Waals surface area (Å²) in [6.07, 6.45) is 0. The van der Waals surface area contributed by atoms with Crippen LogP contribution in [0.5, 0.6) is 0 Å². The van der Waals surface area contributed by atoms with Gasteiger partial charge in [0.2, 0.25) is 0 Å². The van der Waals surface area contributed by atoms with Crippen LogP contribution in [0.4, 0.5) is 5.69 Å². The lowest BCUT2D eigenvalue weighted by molar-refractivity contribution is 0.0996. The summed E-state index contributed by atoms with van der Waals surface area (Å²) in [5.41, 5.74) is 4.83. The molecule has 3 aromatic carbocycles. The van der Waals surface area contributed by atoms with E-state index in [0.717, 1.165) is 26.9 Å². The van der Waals surface area contributed by atoms with E-state index in [1.54, 1.807) is 42.5 Å². The number of thiazole rings is 1. The second-order valence-corrected chi connectivity index (χ2v) is 11.2. The fraction of sp³-hybridized carbons (Fsp3) is 0.259. The topological polar surface area (TPSA) is 89.8 Å². The minimum Gasteiger partial charge on any atom is -0.380 e. The summed E-state index contributed by atoms with van der Waals surface area (Å²) >= 11 is 1.46. The molecule has 4 aromatic rings. The first-order valence-electron chi connectivity index (χ1n) is 11.6. The number of carbonyl (C=O) groups is 1. The number of ether oxygens (including phenoxy) is 1. The zero-order valence-corrected chi connectivity index (χ0v) is 22.4. The van der Waals surface area contributed by atoms with Crippen molar-refractivity contribution in [3.8, 4) is 0 Å². The third-order valence-corrected chi connectivity index (χ3v) is 8.29. The van der Waals surface area contributed by atoms with Crippen LogP contribution in [0, 0.1) is 20.8 Å². The normalized spacial score (nSPS) is 12.3. The van der Waals surface area contributed by atoms with Gasteiger partial charge in [-0.05, 0) is 75.2 Å². The van der Waals surface area contributed by atoms with Crippen molar-refractivity contribution in [1.29, 1.82) is 0 Å². The van der Waals surface area contributed by atoms with E-state index in [0.29, 0.717) is 35.8 Å². The van der Waals surface area contributed by atoms with Gasteiger partial charge in [0.05, 0.1) is 21.7 Å². The number of aryl methyl sites for hydroxylation is 3. The summed E-state index contributed by atoms with van der Waals surface area (Å²) in [7, 11) is -3.79. The van der Waals surface area contributed by atoms with E-state index in [1.807, 2.05) is 32.3 Å². The van der Waals surface area contributed by atoms with Crippen LogP contribution in [-0.4, -0.2) is 32.1 Å². The average molecular weight is 524 g/mol. The number of rotatable bonds is 8. The predicted octanol–water partition coefficient (Wildman–Crippen LogP) is 5.21. The molecule has 1 aromatic heterocycles. The van der Waals surface area contributed by atoms with E-state index in [9.17, 15) is 13.2 Å². The molecule has 0 fully saturated rings. The van der Waals surface area contributed by atoms with Gasteiger partial charge in [0.25, 0.3) is 15.9 Å². The summed E-state index contributed by atoms with van der Waals surface area (Å²) in [5, 5.41) is 0. The Kier molecular flexibility index (Phi) is 7.73. The van der Waals surface area contributed by atoms with Gasteiger partial charge in [-0.2, -0.15) is 4.99 Å². The van der Waals surface area contributed by atoms with Crippen molar-refractivity contribution < 1.29 is 17.9 Å². The van der Waals surface area contributed by atoms with Gasteiger partial charge >= 0.3 is 0 Å². The summed E-state index contributed by atoms with van der Waals surface area (Å²) in [6.45, 7) is 9.61. The number of sulfonamides is 1. The van der Waals surface area contributed by atoms with Crippen molar-refractivity contribution in [1.82, 2.24) is 4.57 Å². The van der Waals surface area contributed by atoms with Crippen LogP contribution in [0.3, 0.4) is 0 Å². The molecule has 0 atom stereocenters. The molecule has 1 N–H and O–H groups in total. The van der Waals surface area contributed by atoms with Gasteiger partial charge in [0.15, 0.2) is 4.80 Å². The first-order chi connectivity index (χ1) is 17.2. The summed E-state index contributed by atoms with van der Waals surface area (Å²) in [5.74, 6) is -0.447. The van der Waals surface area contributed by atoms with E-state index < -0.39 is 15.9 Å². The van der Waals surface area contributed by atoms with Gasteiger partial charge in [-0.1, -0.05) is 41.2 Å². The van der Waals surface area contributed by atoms with Crippen LogP contribution in [0.2, 0.25) is 0 Å². The molecule has 36 heavy (non-hydrogen) atoms. The number of amides is 1. The van der Waals surface area contributed by atoms with Gasteiger partial charge < -0.3 is 9.30 Å². The fourth-order valence-electron chi connectivity index (χ4n) is 3.91. The monoisotopic (exact) mass is 523 g/mol. The number of anilines is 1.